The van der Waals surface area contributed by atoms with Crippen LogP contribution in [0.3, 0.4) is 0 Å². The standard InChI is InChI=1S/C25H22N4O5S/c30-18-15-19(35-14-8-7-13-26-25(33)28-17-11-5-2-6-12-17)22(31)20-21(29-34-23(18)20)24(32)27-16-9-3-1-4-10-16/h1-6,9-12,15H,7-8,13-14H2,(H,27,32)(H2,26,28,33). The second-order valence-electron chi connectivity index (χ2n) is 7.56. The van der Waals surface area contributed by atoms with Crippen molar-refractivity contribution in [2.75, 3.05) is 22.9 Å². The van der Waals surface area contributed by atoms with E-state index < -0.39 is 17.5 Å². The van der Waals surface area contributed by atoms with Crippen molar-refractivity contribution in [1.82, 2.24) is 10.5 Å². The number of aromatic nitrogens is 1. The summed E-state index contributed by atoms with van der Waals surface area (Å²) < 4.78 is 5.02. The van der Waals surface area contributed by atoms with E-state index in [4.69, 9.17) is 4.52 Å². The SMILES string of the molecule is O=C(NCCCCSC1=CC(=O)c2onc(C(=O)Nc3ccccc3)c2C1=O)Nc1ccccc1. The Hall–Kier alpha value is -4.18. The Morgan fingerprint density at radius 1 is 0.886 bits per heavy atom. The zero-order valence-corrected chi connectivity index (χ0v) is 19.4. The predicted octanol–water partition coefficient (Wildman–Crippen LogP) is 4.52. The molecule has 0 fully saturated rings. The normalized spacial score (nSPS) is 12.5. The number of ketones is 2. The maximum Gasteiger partial charge on any atom is 0.319 e. The third kappa shape index (κ3) is 6.04. The molecule has 0 spiro atoms. The van der Waals surface area contributed by atoms with Crippen molar-refractivity contribution < 1.29 is 23.7 Å². The molecular weight excluding hydrogens is 468 g/mol. The number of benzene rings is 2. The first-order valence-electron chi connectivity index (χ1n) is 10.9. The first-order valence-corrected chi connectivity index (χ1v) is 11.9. The summed E-state index contributed by atoms with van der Waals surface area (Å²) in [5.41, 5.74) is 0.896. The van der Waals surface area contributed by atoms with E-state index in [0.29, 0.717) is 36.5 Å². The van der Waals surface area contributed by atoms with Gasteiger partial charge in [0.2, 0.25) is 17.3 Å². The highest BCUT2D eigenvalue weighted by atomic mass is 32.2. The molecule has 0 bridgehead atoms. The second kappa shape index (κ2) is 11.3. The molecule has 9 nitrogen and oxygen atoms in total. The fourth-order valence-electron chi connectivity index (χ4n) is 3.32. The van der Waals surface area contributed by atoms with Gasteiger partial charge in [0.1, 0.15) is 5.56 Å². The van der Waals surface area contributed by atoms with E-state index in [0.717, 1.165) is 0 Å². The number of nitrogens with zero attached hydrogens (tertiary/aromatic N) is 1. The molecule has 178 valence electrons. The molecule has 35 heavy (non-hydrogen) atoms. The van der Waals surface area contributed by atoms with Gasteiger partial charge in [0.15, 0.2) is 5.69 Å². The highest BCUT2D eigenvalue weighted by Crippen LogP contribution is 2.31. The molecule has 3 aromatic rings. The van der Waals surface area contributed by atoms with Gasteiger partial charge in [-0.05, 0) is 42.9 Å². The average Bonchev–Trinajstić information content (AvgIpc) is 3.32. The van der Waals surface area contributed by atoms with Gasteiger partial charge in [-0.15, -0.1) is 11.8 Å². The molecule has 0 aliphatic heterocycles. The number of carbonyl (C=O) groups is 4. The molecule has 0 radical (unpaired) electrons. The van der Waals surface area contributed by atoms with Gasteiger partial charge < -0.3 is 20.5 Å². The lowest BCUT2D eigenvalue weighted by Gasteiger charge is -2.11. The molecule has 0 saturated carbocycles. The van der Waals surface area contributed by atoms with Crippen LogP contribution in [0.25, 0.3) is 0 Å². The minimum atomic E-state index is -0.631. The lowest BCUT2D eigenvalue weighted by molar-refractivity contribution is 0.0967. The van der Waals surface area contributed by atoms with E-state index in [1.807, 2.05) is 18.2 Å². The molecule has 2 aromatic carbocycles. The number of para-hydroxylation sites is 2. The molecule has 4 rings (SSSR count). The quantitative estimate of drug-likeness (QED) is 0.376. The molecule has 0 atom stereocenters. The molecule has 3 amide bonds. The Kier molecular flexibility index (Phi) is 7.74. The fourth-order valence-corrected chi connectivity index (χ4v) is 4.32. The van der Waals surface area contributed by atoms with Crippen molar-refractivity contribution in [3.63, 3.8) is 0 Å². The van der Waals surface area contributed by atoms with Gasteiger partial charge in [-0.3, -0.25) is 14.4 Å². The van der Waals surface area contributed by atoms with Gasteiger partial charge in [0.05, 0.1) is 4.91 Å². The van der Waals surface area contributed by atoms with Crippen molar-refractivity contribution in [3.8, 4) is 0 Å². The third-order valence-corrected chi connectivity index (χ3v) is 6.13. The first-order chi connectivity index (χ1) is 17.0. The van der Waals surface area contributed by atoms with Gasteiger partial charge in [0, 0.05) is 24.0 Å². The molecule has 3 N–H and O–H groups in total. The number of amides is 3. The summed E-state index contributed by atoms with van der Waals surface area (Å²) in [6, 6.07) is 17.5. The molecule has 1 aliphatic carbocycles. The van der Waals surface area contributed by atoms with E-state index in [1.54, 1.807) is 42.5 Å². The van der Waals surface area contributed by atoms with Crippen LogP contribution in [0.4, 0.5) is 16.2 Å². The van der Waals surface area contributed by atoms with Gasteiger partial charge in [0.25, 0.3) is 5.91 Å². The van der Waals surface area contributed by atoms with Gasteiger partial charge in [-0.2, -0.15) is 0 Å². The average molecular weight is 491 g/mol. The molecule has 1 heterocycles. The summed E-state index contributed by atoms with van der Waals surface area (Å²) in [5, 5.41) is 11.8. The largest absolute Gasteiger partial charge is 0.351 e. The van der Waals surface area contributed by atoms with Crippen LogP contribution in [-0.4, -0.2) is 41.0 Å². The third-order valence-electron chi connectivity index (χ3n) is 5.02. The lowest BCUT2D eigenvalue weighted by Crippen LogP contribution is -2.29. The Labute approximate surface area is 205 Å². The van der Waals surface area contributed by atoms with Crippen molar-refractivity contribution in [1.29, 1.82) is 0 Å². The maximum atomic E-state index is 13.0. The molecule has 0 saturated heterocycles. The predicted molar refractivity (Wildman–Crippen MR) is 133 cm³/mol. The van der Waals surface area contributed by atoms with Crippen LogP contribution >= 0.6 is 11.8 Å². The maximum absolute atomic E-state index is 13.0. The lowest BCUT2D eigenvalue weighted by atomic mass is 9.99. The summed E-state index contributed by atoms with van der Waals surface area (Å²) in [6.45, 7) is 0.463. The zero-order chi connectivity index (χ0) is 24.6. The summed E-state index contributed by atoms with van der Waals surface area (Å²) >= 11 is 1.22. The number of anilines is 2. The molecule has 1 aromatic heterocycles. The number of Topliss-reactive ketones (excluding diaryl/α,β-unsaturated/α-hetero) is 1. The Balaban J connectivity index is 1.26. The monoisotopic (exact) mass is 490 g/mol. The highest BCUT2D eigenvalue weighted by Gasteiger charge is 2.36. The molecule has 0 unspecified atom stereocenters. The number of urea groups is 1. The van der Waals surface area contributed by atoms with Crippen molar-refractivity contribution in [3.05, 3.63) is 88.7 Å². The van der Waals surface area contributed by atoms with Crippen LogP contribution in [0.15, 0.2) is 76.2 Å². The topological polar surface area (TPSA) is 130 Å². The molecule has 10 heteroatoms. The minimum absolute atomic E-state index is 0.118. The summed E-state index contributed by atoms with van der Waals surface area (Å²) in [5.74, 6) is -1.28. The highest BCUT2D eigenvalue weighted by molar-refractivity contribution is 8.04. The van der Waals surface area contributed by atoms with Crippen molar-refractivity contribution >= 4 is 46.6 Å². The van der Waals surface area contributed by atoms with Gasteiger partial charge in [-0.25, -0.2) is 4.79 Å². The summed E-state index contributed by atoms with van der Waals surface area (Å²) in [6.07, 6.45) is 2.60. The van der Waals surface area contributed by atoms with Crippen LogP contribution in [0.1, 0.15) is 44.2 Å². The Bertz CT molecular complexity index is 1270. The second-order valence-corrected chi connectivity index (χ2v) is 8.70. The minimum Gasteiger partial charge on any atom is -0.351 e. The van der Waals surface area contributed by atoms with E-state index in [9.17, 15) is 19.2 Å². The fraction of sp³-hybridized carbons (Fsp3) is 0.160. The Morgan fingerprint density at radius 2 is 1.54 bits per heavy atom. The number of carbonyl (C=O) groups excluding carboxylic acids is 4. The number of allylic oxidation sites excluding steroid dienone is 2. The Morgan fingerprint density at radius 3 is 2.23 bits per heavy atom. The van der Waals surface area contributed by atoms with Gasteiger partial charge >= 0.3 is 6.03 Å². The van der Waals surface area contributed by atoms with Crippen molar-refractivity contribution in [2.45, 2.75) is 12.8 Å². The van der Waals surface area contributed by atoms with E-state index in [-0.39, 0.29) is 28.0 Å². The molecular formula is C25H22N4O5S. The summed E-state index contributed by atoms with van der Waals surface area (Å²) in [7, 11) is 0. The van der Waals surface area contributed by atoms with Gasteiger partial charge in [-0.1, -0.05) is 41.6 Å². The van der Waals surface area contributed by atoms with Crippen LogP contribution in [0.2, 0.25) is 0 Å². The number of rotatable bonds is 9. The molecule has 1 aliphatic rings. The van der Waals surface area contributed by atoms with Crippen molar-refractivity contribution in [2.24, 2.45) is 0 Å². The number of nitrogens with one attached hydrogen (secondary N) is 3. The van der Waals surface area contributed by atoms with Crippen LogP contribution in [0, 0.1) is 0 Å². The van der Waals surface area contributed by atoms with E-state index in [2.05, 4.69) is 21.1 Å². The number of hydrogen-bond acceptors (Lipinski definition) is 7. The number of unbranched alkanes of at least 4 members (excludes halogenated alkanes) is 1. The number of fused-ring (bicyclic) bond motifs is 1. The number of hydrogen-bond donors (Lipinski definition) is 3. The van der Waals surface area contributed by atoms with E-state index >= 15 is 0 Å². The van der Waals surface area contributed by atoms with E-state index in [1.165, 1.54) is 17.8 Å². The van der Waals surface area contributed by atoms with Crippen LogP contribution in [0.5, 0.6) is 0 Å². The first kappa shape index (κ1) is 24.0. The summed E-state index contributed by atoms with van der Waals surface area (Å²) in [4.78, 5) is 50.2. The van der Waals surface area contributed by atoms with Crippen LogP contribution in [-0.2, 0) is 0 Å². The van der Waals surface area contributed by atoms with Crippen LogP contribution < -0.4 is 16.0 Å². The number of thioether (sulfide) groups is 1. The zero-order valence-electron chi connectivity index (χ0n) is 18.6. The smallest absolute Gasteiger partial charge is 0.319 e.